The number of rotatable bonds is 5. The number of hydrogen-bond acceptors (Lipinski definition) is 5. The third-order valence-corrected chi connectivity index (χ3v) is 4.96. The summed E-state index contributed by atoms with van der Waals surface area (Å²) in [5.41, 5.74) is 1.83. The van der Waals surface area contributed by atoms with Crippen molar-refractivity contribution in [3.63, 3.8) is 0 Å². The van der Waals surface area contributed by atoms with Crippen molar-refractivity contribution in [1.29, 1.82) is 0 Å². The maximum absolute atomic E-state index is 12.8. The molecule has 0 bridgehead atoms. The number of ether oxygens (including phenoxy) is 1. The van der Waals surface area contributed by atoms with Crippen LogP contribution in [0.3, 0.4) is 0 Å². The highest BCUT2D eigenvalue weighted by molar-refractivity contribution is 7.07. The molecule has 0 radical (unpaired) electrons. The molecular weight excluding hydrogens is 314 g/mol. The molecule has 7 heteroatoms. The van der Waals surface area contributed by atoms with Gasteiger partial charge in [-0.3, -0.25) is 9.48 Å². The number of carbonyl (C=O) groups is 1. The highest BCUT2D eigenvalue weighted by Crippen LogP contribution is 2.34. The molecular formula is C16H21N3O3S. The van der Waals surface area contributed by atoms with Gasteiger partial charge < -0.3 is 15.2 Å². The average molecular weight is 335 g/mol. The van der Waals surface area contributed by atoms with Gasteiger partial charge in [0.2, 0.25) is 5.91 Å². The summed E-state index contributed by atoms with van der Waals surface area (Å²) < 4.78 is 7.61. The van der Waals surface area contributed by atoms with Gasteiger partial charge in [-0.2, -0.15) is 16.4 Å². The molecule has 0 spiro atoms. The van der Waals surface area contributed by atoms with E-state index in [-0.39, 0.29) is 30.6 Å². The third-order valence-electron chi connectivity index (χ3n) is 4.25. The van der Waals surface area contributed by atoms with E-state index < -0.39 is 0 Å². The van der Waals surface area contributed by atoms with Gasteiger partial charge in [0.05, 0.1) is 24.3 Å². The molecule has 6 nitrogen and oxygen atoms in total. The molecule has 2 aromatic rings. The van der Waals surface area contributed by atoms with Crippen LogP contribution in [0, 0.1) is 5.92 Å². The maximum atomic E-state index is 12.8. The quantitative estimate of drug-likeness (QED) is 0.873. The van der Waals surface area contributed by atoms with Crippen LogP contribution >= 0.6 is 11.3 Å². The Bertz CT molecular complexity index is 641. The summed E-state index contributed by atoms with van der Waals surface area (Å²) in [5, 5.41) is 20.6. The molecule has 23 heavy (non-hydrogen) atoms. The fraction of sp³-hybridized carbons (Fsp3) is 0.500. The molecule has 3 atom stereocenters. The van der Waals surface area contributed by atoms with E-state index in [0.29, 0.717) is 6.61 Å². The Balaban J connectivity index is 1.75. The van der Waals surface area contributed by atoms with Crippen LogP contribution in [0.25, 0.3) is 0 Å². The van der Waals surface area contributed by atoms with Crippen molar-refractivity contribution in [2.24, 2.45) is 13.0 Å². The molecule has 3 rings (SSSR count). The largest absolute Gasteiger partial charge is 0.394 e. The Morgan fingerprint density at radius 1 is 1.61 bits per heavy atom. The lowest BCUT2D eigenvalue weighted by molar-refractivity contribution is -0.136. The van der Waals surface area contributed by atoms with Gasteiger partial charge in [-0.05, 0) is 41.3 Å². The molecule has 0 aliphatic carbocycles. The van der Waals surface area contributed by atoms with Crippen molar-refractivity contribution in [3.8, 4) is 0 Å². The molecule has 2 aromatic heterocycles. The van der Waals surface area contributed by atoms with Crippen LogP contribution in [0.5, 0.6) is 0 Å². The monoisotopic (exact) mass is 335 g/mol. The van der Waals surface area contributed by atoms with Crippen molar-refractivity contribution in [2.45, 2.75) is 25.0 Å². The summed E-state index contributed by atoms with van der Waals surface area (Å²) in [5.74, 6) is -0.354. The summed E-state index contributed by atoms with van der Waals surface area (Å²) in [6.45, 7) is 0.528. The average Bonchev–Trinajstić information content (AvgIpc) is 3.24. The summed E-state index contributed by atoms with van der Waals surface area (Å²) in [6.07, 6.45) is 3.04. The molecule has 3 heterocycles. The van der Waals surface area contributed by atoms with Gasteiger partial charge in [0.15, 0.2) is 0 Å². The van der Waals surface area contributed by atoms with Crippen molar-refractivity contribution >= 4 is 17.2 Å². The lowest BCUT2D eigenvalue weighted by atomic mass is 9.90. The zero-order valence-electron chi connectivity index (χ0n) is 13.0. The molecule has 2 N–H and O–H groups in total. The number of carbonyl (C=O) groups excluding carboxylic acids is 1. The third kappa shape index (κ3) is 3.46. The van der Waals surface area contributed by atoms with Crippen molar-refractivity contribution in [2.75, 3.05) is 13.2 Å². The van der Waals surface area contributed by atoms with Gasteiger partial charge in [-0.25, -0.2) is 0 Å². The van der Waals surface area contributed by atoms with E-state index in [9.17, 15) is 9.90 Å². The number of aliphatic hydroxyl groups excluding tert-OH is 1. The number of hydrogen-bond donors (Lipinski definition) is 2. The maximum Gasteiger partial charge on any atom is 0.226 e. The molecule has 1 amide bonds. The topological polar surface area (TPSA) is 76.4 Å². The van der Waals surface area contributed by atoms with Crippen LogP contribution < -0.4 is 5.32 Å². The van der Waals surface area contributed by atoms with Crippen LogP contribution in [-0.4, -0.2) is 34.0 Å². The molecule has 1 aliphatic heterocycles. The van der Waals surface area contributed by atoms with Gasteiger partial charge >= 0.3 is 0 Å². The van der Waals surface area contributed by atoms with Gasteiger partial charge in [-0.1, -0.05) is 0 Å². The SMILES string of the molecule is Cn1nccc1[C@@H]1OCCC[C@H]1C(=O)NC(CO)c1ccsc1. The van der Waals surface area contributed by atoms with Crippen molar-refractivity contribution in [1.82, 2.24) is 15.1 Å². The van der Waals surface area contributed by atoms with Crippen LogP contribution in [0.15, 0.2) is 29.1 Å². The van der Waals surface area contributed by atoms with E-state index in [0.717, 1.165) is 24.1 Å². The second kappa shape index (κ2) is 7.25. The fourth-order valence-electron chi connectivity index (χ4n) is 2.99. The Morgan fingerprint density at radius 3 is 3.13 bits per heavy atom. The zero-order valence-corrected chi connectivity index (χ0v) is 13.8. The van der Waals surface area contributed by atoms with E-state index in [1.807, 2.05) is 29.9 Å². The highest BCUT2D eigenvalue weighted by Gasteiger charge is 2.35. The van der Waals surface area contributed by atoms with Gasteiger partial charge in [0.1, 0.15) is 6.10 Å². The number of amides is 1. The standard InChI is InChI=1S/C16H21N3O3S/c1-19-14(4-6-17-19)15-12(3-2-7-22-15)16(21)18-13(9-20)11-5-8-23-10-11/h4-6,8,10,12-13,15,20H,2-3,7,9H2,1H3,(H,18,21)/t12-,13?,15-/m1/s1. The Labute approximate surface area is 139 Å². The molecule has 1 aliphatic rings. The molecule has 1 unspecified atom stereocenters. The van der Waals surface area contributed by atoms with E-state index in [4.69, 9.17) is 4.74 Å². The smallest absolute Gasteiger partial charge is 0.226 e. The van der Waals surface area contributed by atoms with E-state index in [1.54, 1.807) is 22.2 Å². The number of nitrogens with one attached hydrogen (secondary N) is 1. The van der Waals surface area contributed by atoms with Crippen LogP contribution in [0.2, 0.25) is 0 Å². The van der Waals surface area contributed by atoms with E-state index >= 15 is 0 Å². The number of aryl methyl sites for hydroxylation is 1. The predicted octanol–water partition coefficient (Wildman–Crippen LogP) is 1.80. The highest BCUT2D eigenvalue weighted by atomic mass is 32.1. The lowest BCUT2D eigenvalue weighted by Gasteiger charge is -2.32. The first-order valence-electron chi connectivity index (χ1n) is 7.73. The Hall–Kier alpha value is -1.70. The molecule has 0 aromatic carbocycles. The fourth-order valence-corrected chi connectivity index (χ4v) is 3.71. The van der Waals surface area contributed by atoms with Gasteiger partial charge in [0, 0.05) is 19.9 Å². The zero-order chi connectivity index (χ0) is 16.2. The summed E-state index contributed by atoms with van der Waals surface area (Å²) >= 11 is 1.55. The first kappa shape index (κ1) is 16.2. The van der Waals surface area contributed by atoms with Crippen LogP contribution in [0.4, 0.5) is 0 Å². The second-order valence-electron chi connectivity index (χ2n) is 5.72. The molecule has 124 valence electrons. The first-order valence-corrected chi connectivity index (χ1v) is 8.68. The van der Waals surface area contributed by atoms with E-state index in [1.165, 1.54) is 0 Å². The van der Waals surface area contributed by atoms with Crippen LogP contribution in [-0.2, 0) is 16.6 Å². The molecule has 0 saturated carbocycles. The Kier molecular flexibility index (Phi) is 5.09. The number of thiophene rings is 1. The second-order valence-corrected chi connectivity index (χ2v) is 6.50. The number of nitrogens with zero attached hydrogens (tertiary/aromatic N) is 2. The first-order chi connectivity index (χ1) is 11.2. The normalized spacial score (nSPS) is 22.7. The lowest BCUT2D eigenvalue weighted by Crippen LogP contribution is -2.40. The number of aliphatic hydroxyl groups is 1. The summed E-state index contributed by atoms with van der Waals surface area (Å²) in [4.78, 5) is 12.8. The minimum Gasteiger partial charge on any atom is -0.394 e. The minimum absolute atomic E-state index is 0.0823. The summed E-state index contributed by atoms with van der Waals surface area (Å²) in [6, 6.07) is 3.43. The predicted molar refractivity (Wildman–Crippen MR) is 86.9 cm³/mol. The van der Waals surface area contributed by atoms with Crippen molar-refractivity contribution < 1.29 is 14.6 Å². The van der Waals surface area contributed by atoms with Crippen LogP contribution in [0.1, 0.15) is 36.2 Å². The van der Waals surface area contributed by atoms with E-state index in [2.05, 4.69) is 10.4 Å². The molecule has 1 saturated heterocycles. The van der Waals surface area contributed by atoms with Gasteiger partial charge in [0.25, 0.3) is 0 Å². The summed E-state index contributed by atoms with van der Waals surface area (Å²) in [7, 11) is 1.85. The Morgan fingerprint density at radius 2 is 2.48 bits per heavy atom. The van der Waals surface area contributed by atoms with Crippen molar-refractivity contribution in [3.05, 3.63) is 40.3 Å². The number of aromatic nitrogens is 2. The van der Waals surface area contributed by atoms with Gasteiger partial charge in [-0.15, -0.1) is 0 Å². The molecule has 1 fully saturated rings. The minimum atomic E-state index is -0.372.